The zero-order chi connectivity index (χ0) is 16.9. The molecule has 1 aliphatic rings. The van der Waals surface area contributed by atoms with E-state index in [0.717, 1.165) is 11.4 Å². The number of hydrogen-bond acceptors (Lipinski definition) is 5. The second kappa shape index (κ2) is 7.08. The van der Waals surface area contributed by atoms with Gasteiger partial charge in [0.1, 0.15) is 12.1 Å². The number of carbonyl (C=O) groups excluding carboxylic acids is 2. The number of nitrogens with one attached hydrogen (secondary N) is 2. The average Bonchev–Trinajstić information content (AvgIpc) is 2.58. The Morgan fingerprint density at radius 2 is 1.96 bits per heavy atom. The summed E-state index contributed by atoms with van der Waals surface area (Å²) >= 11 is 0. The molecule has 1 saturated heterocycles. The first-order valence-electron chi connectivity index (χ1n) is 7.77. The topological polar surface area (TPSA) is 87.2 Å². The van der Waals surface area contributed by atoms with E-state index in [-0.39, 0.29) is 17.9 Å². The Kier molecular flexibility index (Phi) is 4.69. The maximum absolute atomic E-state index is 12.4. The highest BCUT2D eigenvalue weighted by Gasteiger charge is 2.31. The van der Waals surface area contributed by atoms with E-state index < -0.39 is 0 Å². The second-order valence-corrected chi connectivity index (χ2v) is 5.69. The lowest BCUT2D eigenvalue weighted by molar-refractivity contribution is -0.119. The molecule has 0 bridgehead atoms. The number of amides is 2. The molecule has 0 atom stereocenters. The third-order valence-electron chi connectivity index (χ3n) is 3.95. The van der Waals surface area contributed by atoms with E-state index in [1.807, 2.05) is 12.1 Å². The van der Waals surface area contributed by atoms with Gasteiger partial charge in [-0.3, -0.25) is 9.59 Å². The Balaban J connectivity index is 1.52. The van der Waals surface area contributed by atoms with Crippen LogP contribution in [0.2, 0.25) is 0 Å². The summed E-state index contributed by atoms with van der Waals surface area (Å²) in [6.45, 7) is 1.28. The van der Waals surface area contributed by atoms with Crippen molar-refractivity contribution >= 4 is 17.6 Å². The molecule has 0 aliphatic carbocycles. The fraction of sp³-hybridized carbons (Fsp3) is 0.294. The van der Waals surface area contributed by atoms with Crippen molar-refractivity contribution in [2.24, 2.45) is 0 Å². The lowest BCUT2D eigenvalue weighted by Gasteiger charge is -2.39. The predicted octanol–water partition coefficient (Wildman–Crippen LogP) is 0.702. The molecular weight excluding hydrogens is 306 g/mol. The molecule has 7 nitrogen and oxygen atoms in total. The van der Waals surface area contributed by atoms with Crippen molar-refractivity contribution in [2.45, 2.75) is 12.5 Å². The average molecular weight is 325 g/mol. The largest absolute Gasteiger partial charge is 0.364 e. The number of likely N-dealkylation sites (N-methyl/N-ethyl adjacent to an activating group) is 1. The molecule has 1 fully saturated rings. The minimum absolute atomic E-state index is 0.00207. The summed E-state index contributed by atoms with van der Waals surface area (Å²) < 4.78 is 0. The summed E-state index contributed by atoms with van der Waals surface area (Å²) in [5.41, 5.74) is 1.52. The zero-order valence-corrected chi connectivity index (χ0v) is 13.4. The van der Waals surface area contributed by atoms with Crippen molar-refractivity contribution in [3.05, 3.63) is 54.0 Å². The molecule has 124 valence electrons. The number of carbonyl (C=O) groups is 2. The van der Waals surface area contributed by atoms with Crippen LogP contribution in [0.4, 0.5) is 5.82 Å². The van der Waals surface area contributed by atoms with Crippen LogP contribution in [0.1, 0.15) is 15.9 Å². The number of hydrogen-bond donors (Lipinski definition) is 2. The molecule has 24 heavy (non-hydrogen) atoms. The van der Waals surface area contributed by atoms with Gasteiger partial charge < -0.3 is 15.5 Å². The van der Waals surface area contributed by atoms with Crippen LogP contribution in [-0.2, 0) is 11.2 Å². The van der Waals surface area contributed by atoms with Gasteiger partial charge in [0, 0.05) is 31.9 Å². The fourth-order valence-electron chi connectivity index (χ4n) is 2.54. The first kappa shape index (κ1) is 15.9. The molecule has 0 spiro atoms. The number of aromatic nitrogens is 2. The molecule has 0 radical (unpaired) electrons. The summed E-state index contributed by atoms with van der Waals surface area (Å²) in [6.07, 6.45) is 3.49. The first-order chi connectivity index (χ1) is 11.7. The predicted molar refractivity (Wildman–Crippen MR) is 89.6 cm³/mol. The van der Waals surface area contributed by atoms with Crippen molar-refractivity contribution in [1.82, 2.24) is 20.2 Å². The van der Waals surface area contributed by atoms with Crippen molar-refractivity contribution in [3.63, 3.8) is 0 Å². The van der Waals surface area contributed by atoms with Gasteiger partial charge in [0.15, 0.2) is 0 Å². The van der Waals surface area contributed by atoms with Gasteiger partial charge in [-0.05, 0) is 23.8 Å². The van der Waals surface area contributed by atoms with Crippen molar-refractivity contribution in [3.8, 4) is 0 Å². The number of nitrogens with zero attached hydrogens (tertiary/aromatic N) is 3. The van der Waals surface area contributed by atoms with E-state index in [1.165, 1.54) is 6.33 Å². The number of rotatable bonds is 5. The Morgan fingerprint density at radius 3 is 2.58 bits per heavy atom. The van der Waals surface area contributed by atoms with Crippen LogP contribution < -0.4 is 10.6 Å². The molecule has 7 heteroatoms. The normalized spacial score (nSPS) is 14.0. The molecule has 1 aliphatic heterocycles. The van der Waals surface area contributed by atoms with Crippen LogP contribution in [0, 0.1) is 0 Å². The van der Waals surface area contributed by atoms with Crippen molar-refractivity contribution in [1.29, 1.82) is 0 Å². The van der Waals surface area contributed by atoms with Gasteiger partial charge in [0.25, 0.3) is 5.91 Å². The molecule has 2 N–H and O–H groups in total. The van der Waals surface area contributed by atoms with Gasteiger partial charge in [-0.1, -0.05) is 12.1 Å². The quantitative estimate of drug-likeness (QED) is 0.845. The van der Waals surface area contributed by atoms with Crippen LogP contribution in [-0.4, -0.2) is 52.9 Å². The summed E-state index contributed by atoms with van der Waals surface area (Å²) in [5, 5.41) is 5.84. The molecule has 1 aromatic heterocycles. The highest BCUT2D eigenvalue weighted by Crippen LogP contribution is 2.17. The van der Waals surface area contributed by atoms with Crippen LogP contribution >= 0.6 is 0 Å². The fourth-order valence-corrected chi connectivity index (χ4v) is 2.54. The van der Waals surface area contributed by atoms with Crippen molar-refractivity contribution < 1.29 is 9.59 Å². The van der Waals surface area contributed by atoms with Crippen LogP contribution in [0.25, 0.3) is 0 Å². The van der Waals surface area contributed by atoms with Gasteiger partial charge in [0.2, 0.25) is 5.91 Å². The highest BCUT2D eigenvalue weighted by molar-refractivity contribution is 5.95. The molecule has 2 heterocycles. The van der Waals surface area contributed by atoms with Gasteiger partial charge in [-0.15, -0.1) is 0 Å². The van der Waals surface area contributed by atoms with E-state index >= 15 is 0 Å². The third-order valence-corrected chi connectivity index (χ3v) is 3.95. The molecule has 2 amide bonds. The lowest BCUT2D eigenvalue weighted by atomic mass is 10.0. The molecule has 1 aromatic carbocycles. The first-order valence-corrected chi connectivity index (χ1v) is 7.77. The minimum Gasteiger partial charge on any atom is -0.364 e. The van der Waals surface area contributed by atoms with Crippen LogP contribution in [0.5, 0.6) is 0 Å². The van der Waals surface area contributed by atoms with E-state index in [9.17, 15) is 9.59 Å². The Labute approximate surface area is 140 Å². The summed E-state index contributed by atoms with van der Waals surface area (Å²) in [5.74, 6) is 0.721. The second-order valence-electron chi connectivity index (χ2n) is 5.69. The van der Waals surface area contributed by atoms with Crippen LogP contribution in [0.3, 0.4) is 0 Å². The molecule has 0 saturated carbocycles. The molecule has 0 unspecified atom stereocenters. The standard InChI is InChI=1S/C17H19N5O2/c1-18-16(23)8-12-2-4-13(5-3-12)17(24)22-9-14(10-22)21-15-6-7-19-11-20-15/h2-7,11,14H,8-10H2,1H3,(H,18,23)(H,19,20,21). The maximum atomic E-state index is 12.4. The zero-order valence-electron chi connectivity index (χ0n) is 13.4. The Morgan fingerprint density at radius 1 is 1.21 bits per heavy atom. The van der Waals surface area contributed by atoms with Gasteiger partial charge >= 0.3 is 0 Å². The maximum Gasteiger partial charge on any atom is 0.253 e. The lowest BCUT2D eigenvalue weighted by Crippen LogP contribution is -2.57. The van der Waals surface area contributed by atoms with E-state index in [4.69, 9.17) is 0 Å². The summed E-state index contributed by atoms with van der Waals surface area (Å²) in [7, 11) is 1.61. The van der Waals surface area contributed by atoms with Crippen molar-refractivity contribution in [2.75, 3.05) is 25.5 Å². The Bertz CT molecular complexity index is 712. The molecule has 3 rings (SSSR count). The minimum atomic E-state index is -0.0459. The van der Waals surface area contributed by atoms with Gasteiger partial charge in [0.05, 0.1) is 12.5 Å². The summed E-state index contributed by atoms with van der Waals surface area (Å²) in [4.78, 5) is 33.5. The van der Waals surface area contributed by atoms with Crippen LogP contribution in [0.15, 0.2) is 42.9 Å². The number of benzene rings is 1. The number of anilines is 1. The molecular formula is C17H19N5O2. The SMILES string of the molecule is CNC(=O)Cc1ccc(C(=O)N2CC(Nc3ccncn3)C2)cc1. The highest BCUT2D eigenvalue weighted by atomic mass is 16.2. The third kappa shape index (κ3) is 3.68. The van der Waals surface area contributed by atoms with Gasteiger partial charge in [-0.25, -0.2) is 9.97 Å². The van der Waals surface area contributed by atoms with E-state index in [1.54, 1.807) is 36.3 Å². The van der Waals surface area contributed by atoms with Gasteiger partial charge in [-0.2, -0.15) is 0 Å². The monoisotopic (exact) mass is 325 g/mol. The Hall–Kier alpha value is -2.96. The smallest absolute Gasteiger partial charge is 0.253 e. The van der Waals surface area contributed by atoms with E-state index in [2.05, 4.69) is 20.6 Å². The van der Waals surface area contributed by atoms with E-state index in [0.29, 0.717) is 25.1 Å². The number of likely N-dealkylation sites (tertiary alicyclic amines) is 1. The summed E-state index contributed by atoms with van der Waals surface area (Å²) in [6, 6.07) is 9.18. The molecule has 2 aromatic rings.